The van der Waals surface area contributed by atoms with Crippen molar-refractivity contribution in [2.24, 2.45) is 0 Å². The van der Waals surface area contributed by atoms with Crippen LogP contribution in [0.15, 0.2) is 42.5 Å². The third-order valence-electron chi connectivity index (χ3n) is 4.62. The van der Waals surface area contributed by atoms with Crippen LogP contribution in [0.5, 0.6) is 0 Å². The molecule has 2 atom stereocenters. The number of carbonyl (C=O) groups is 1. The number of hydrogen-bond donors (Lipinski definition) is 1. The molecule has 2 unspecified atom stereocenters. The van der Waals surface area contributed by atoms with Crippen molar-refractivity contribution in [1.29, 1.82) is 0 Å². The maximum Gasteiger partial charge on any atom is 0.293 e. The van der Waals surface area contributed by atoms with Crippen molar-refractivity contribution in [3.05, 3.63) is 68.7 Å². The van der Waals surface area contributed by atoms with Gasteiger partial charge in [-0.25, -0.2) is 0 Å². The molecule has 1 amide bonds. The van der Waals surface area contributed by atoms with Gasteiger partial charge < -0.3 is 15.0 Å². The summed E-state index contributed by atoms with van der Waals surface area (Å²) in [5.74, 6) is -0.364. The predicted octanol–water partition coefficient (Wildman–Crippen LogP) is 3.57. The van der Waals surface area contributed by atoms with E-state index in [2.05, 4.69) is 5.32 Å². The average molecular weight is 390 g/mol. The number of nitrogens with one attached hydrogen (secondary N) is 1. The van der Waals surface area contributed by atoms with Gasteiger partial charge in [-0.2, -0.15) is 0 Å². The summed E-state index contributed by atoms with van der Waals surface area (Å²) in [6.45, 7) is 2.82. The Morgan fingerprint density at radius 3 is 2.78 bits per heavy atom. The molecule has 0 bridgehead atoms. The van der Waals surface area contributed by atoms with E-state index in [1.165, 1.54) is 13.1 Å². The number of carbonyl (C=O) groups excluding carboxylic acids is 1. The molecule has 7 nitrogen and oxygen atoms in total. The van der Waals surface area contributed by atoms with Crippen molar-refractivity contribution in [2.75, 3.05) is 25.1 Å². The quantitative estimate of drug-likeness (QED) is 0.638. The molecule has 1 aliphatic heterocycles. The minimum Gasteiger partial charge on any atom is -0.370 e. The van der Waals surface area contributed by atoms with Gasteiger partial charge in [0.15, 0.2) is 0 Å². The van der Waals surface area contributed by atoms with Crippen LogP contribution in [-0.2, 0) is 4.74 Å². The SMILES string of the molecule is CNC(=O)c1ccc(N2CC(c3cccc(Cl)c3)OCC2C)c([N+](=O)[O-])c1. The van der Waals surface area contributed by atoms with E-state index in [1.807, 2.05) is 30.0 Å². The Bertz CT molecular complexity index is 874. The number of ether oxygens (including phenoxy) is 1. The Morgan fingerprint density at radius 1 is 1.33 bits per heavy atom. The Balaban J connectivity index is 1.95. The molecule has 27 heavy (non-hydrogen) atoms. The van der Waals surface area contributed by atoms with E-state index >= 15 is 0 Å². The Kier molecular flexibility index (Phi) is 5.62. The van der Waals surface area contributed by atoms with Gasteiger partial charge in [0.2, 0.25) is 0 Å². The highest BCUT2D eigenvalue weighted by Gasteiger charge is 2.31. The molecule has 1 heterocycles. The van der Waals surface area contributed by atoms with E-state index < -0.39 is 4.92 Å². The molecule has 1 saturated heterocycles. The van der Waals surface area contributed by atoms with Gasteiger partial charge in [0, 0.05) is 36.3 Å². The van der Waals surface area contributed by atoms with E-state index in [-0.39, 0.29) is 29.3 Å². The fourth-order valence-electron chi connectivity index (χ4n) is 3.20. The zero-order valence-electron chi connectivity index (χ0n) is 15.0. The third-order valence-corrected chi connectivity index (χ3v) is 4.86. The molecule has 1 N–H and O–H groups in total. The fraction of sp³-hybridized carbons (Fsp3) is 0.316. The van der Waals surface area contributed by atoms with Crippen LogP contribution in [0.1, 0.15) is 28.9 Å². The highest BCUT2D eigenvalue weighted by Crippen LogP contribution is 2.35. The smallest absolute Gasteiger partial charge is 0.293 e. The summed E-state index contributed by atoms with van der Waals surface area (Å²) >= 11 is 6.08. The Labute approximate surface area is 162 Å². The number of hydrogen-bond acceptors (Lipinski definition) is 5. The molecule has 0 aliphatic carbocycles. The first kappa shape index (κ1) is 19.1. The van der Waals surface area contributed by atoms with Crippen molar-refractivity contribution in [2.45, 2.75) is 19.1 Å². The van der Waals surface area contributed by atoms with Crippen LogP contribution in [-0.4, -0.2) is 37.1 Å². The Morgan fingerprint density at radius 2 is 2.11 bits per heavy atom. The van der Waals surface area contributed by atoms with Crippen molar-refractivity contribution < 1.29 is 14.5 Å². The number of benzene rings is 2. The van der Waals surface area contributed by atoms with Gasteiger partial charge in [0.05, 0.1) is 11.5 Å². The molecule has 142 valence electrons. The van der Waals surface area contributed by atoms with Gasteiger partial charge in [-0.05, 0) is 36.8 Å². The molecule has 3 rings (SSSR count). The normalized spacial score (nSPS) is 19.6. The second kappa shape index (κ2) is 7.94. The van der Waals surface area contributed by atoms with Gasteiger partial charge in [-0.15, -0.1) is 0 Å². The minimum atomic E-state index is -0.460. The van der Waals surface area contributed by atoms with Gasteiger partial charge >= 0.3 is 0 Å². The van der Waals surface area contributed by atoms with Crippen LogP contribution < -0.4 is 10.2 Å². The van der Waals surface area contributed by atoms with Gasteiger partial charge in [-0.1, -0.05) is 23.7 Å². The minimum absolute atomic E-state index is 0.0509. The number of anilines is 1. The number of nitro benzene ring substituents is 1. The monoisotopic (exact) mass is 389 g/mol. The maximum absolute atomic E-state index is 11.8. The van der Waals surface area contributed by atoms with E-state index in [1.54, 1.807) is 18.2 Å². The van der Waals surface area contributed by atoms with Gasteiger partial charge in [0.25, 0.3) is 11.6 Å². The zero-order valence-corrected chi connectivity index (χ0v) is 15.8. The molecule has 1 aliphatic rings. The summed E-state index contributed by atoms with van der Waals surface area (Å²) in [5.41, 5.74) is 1.54. The number of amides is 1. The first-order chi connectivity index (χ1) is 12.9. The largest absolute Gasteiger partial charge is 0.370 e. The molecule has 8 heteroatoms. The second-order valence-corrected chi connectivity index (χ2v) is 6.85. The number of nitrogens with zero attached hydrogens (tertiary/aromatic N) is 2. The van der Waals surface area contributed by atoms with E-state index in [9.17, 15) is 14.9 Å². The Hall–Kier alpha value is -2.64. The summed E-state index contributed by atoms with van der Waals surface area (Å²) < 4.78 is 5.93. The third kappa shape index (κ3) is 4.04. The first-order valence-electron chi connectivity index (χ1n) is 8.55. The van der Waals surface area contributed by atoms with Crippen LogP contribution in [0.2, 0.25) is 5.02 Å². The zero-order chi connectivity index (χ0) is 19.6. The van der Waals surface area contributed by atoms with E-state index in [4.69, 9.17) is 16.3 Å². The summed E-state index contributed by atoms with van der Waals surface area (Å²) in [7, 11) is 1.49. The van der Waals surface area contributed by atoms with Crippen LogP contribution in [0.4, 0.5) is 11.4 Å². The molecule has 1 fully saturated rings. The lowest BCUT2D eigenvalue weighted by Gasteiger charge is -2.39. The summed E-state index contributed by atoms with van der Waals surface area (Å²) in [5, 5.41) is 14.7. The second-order valence-electron chi connectivity index (χ2n) is 6.42. The molecule has 2 aromatic rings. The van der Waals surface area contributed by atoms with Crippen molar-refractivity contribution in [3.63, 3.8) is 0 Å². The highest BCUT2D eigenvalue weighted by atomic mass is 35.5. The van der Waals surface area contributed by atoms with Crippen molar-refractivity contribution in [3.8, 4) is 0 Å². The highest BCUT2D eigenvalue weighted by molar-refractivity contribution is 6.30. The summed E-state index contributed by atoms with van der Waals surface area (Å²) in [6, 6.07) is 11.9. The number of nitro groups is 1. The van der Waals surface area contributed by atoms with Crippen LogP contribution in [0, 0.1) is 10.1 Å². The fourth-order valence-corrected chi connectivity index (χ4v) is 3.40. The van der Waals surface area contributed by atoms with E-state index in [0.717, 1.165) is 5.56 Å². The van der Waals surface area contributed by atoms with Gasteiger partial charge in [0.1, 0.15) is 11.8 Å². The standard InChI is InChI=1S/C19H20ClN3O4/c1-12-11-27-18(13-4-3-5-15(20)8-13)10-22(12)16-7-6-14(19(24)21-2)9-17(16)23(25)26/h3-9,12,18H,10-11H2,1-2H3,(H,21,24). The van der Waals surface area contributed by atoms with Crippen LogP contribution in [0.25, 0.3) is 0 Å². The molecule has 0 saturated carbocycles. The molecule has 0 radical (unpaired) electrons. The van der Waals surface area contributed by atoms with Crippen LogP contribution in [0.3, 0.4) is 0 Å². The van der Waals surface area contributed by atoms with Gasteiger partial charge in [-0.3, -0.25) is 14.9 Å². The first-order valence-corrected chi connectivity index (χ1v) is 8.92. The molecular formula is C19H20ClN3O4. The lowest BCUT2D eigenvalue weighted by atomic mass is 10.0. The number of morpholine rings is 1. The molecule has 2 aromatic carbocycles. The summed E-state index contributed by atoms with van der Waals surface area (Å²) in [4.78, 5) is 24.9. The average Bonchev–Trinajstić information content (AvgIpc) is 2.67. The maximum atomic E-state index is 11.8. The topological polar surface area (TPSA) is 84.7 Å². The lowest BCUT2D eigenvalue weighted by molar-refractivity contribution is -0.384. The van der Waals surface area contributed by atoms with E-state index in [0.29, 0.717) is 23.9 Å². The number of halogens is 1. The summed E-state index contributed by atoms with van der Waals surface area (Å²) in [6.07, 6.45) is -0.252. The van der Waals surface area contributed by atoms with Crippen molar-refractivity contribution >= 4 is 28.9 Å². The predicted molar refractivity (Wildman–Crippen MR) is 103 cm³/mol. The van der Waals surface area contributed by atoms with Crippen LogP contribution >= 0.6 is 11.6 Å². The lowest BCUT2D eigenvalue weighted by Crippen LogP contribution is -2.45. The van der Waals surface area contributed by atoms with Crippen molar-refractivity contribution in [1.82, 2.24) is 5.32 Å². The molecule has 0 spiro atoms. The molecule has 0 aromatic heterocycles. The molecular weight excluding hydrogens is 370 g/mol. The number of rotatable bonds is 4.